The van der Waals surface area contributed by atoms with Gasteiger partial charge in [0.15, 0.2) is 0 Å². The van der Waals surface area contributed by atoms with Crippen LogP contribution in [0.4, 0.5) is 0 Å². The van der Waals surface area contributed by atoms with E-state index in [-0.39, 0.29) is 23.0 Å². The van der Waals surface area contributed by atoms with Gasteiger partial charge in [-0.3, -0.25) is 0 Å². The fourth-order valence-electron chi connectivity index (χ4n) is 1.37. The molecule has 0 aliphatic carbocycles. The Kier molecular flexibility index (Phi) is 4.09. The summed E-state index contributed by atoms with van der Waals surface area (Å²) in [6, 6.07) is 4.40. The quantitative estimate of drug-likeness (QED) is 0.812. The second-order valence-electron chi connectivity index (χ2n) is 3.64. The highest BCUT2D eigenvalue weighted by Gasteiger charge is 2.22. The van der Waals surface area contributed by atoms with Gasteiger partial charge in [-0.25, -0.2) is 9.59 Å². The molecule has 0 aromatic heterocycles. The third-order valence-electron chi connectivity index (χ3n) is 2.01. The summed E-state index contributed by atoms with van der Waals surface area (Å²) >= 11 is 0. The van der Waals surface area contributed by atoms with E-state index in [0.717, 1.165) is 0 Å². The molecule has 1 rings (SSSR count). The summed E-state index contributed by atoms with van der Waals surface area (Å²) in [5, 5.41) is 9.01. The number of hydrogen-bond donors (Lipinski definition) is 1. The predicted molar refractivity (Wildman–Crippen MR) is 60.5 cm³/mol. The van der Waals surface area contributed by atoms with Crippen LogP contribution in [0, 0.1) is 0 Å². The van der Waals surface area contributed by atoms with E-state index in [1.807, 2.05) is 0 Å². The molecule has 5 heteroatoms. The molecule has 0 bridgehead atoms. The molecule has 1 aromatic carbocycles. The van der Waals surface area contributed by atoms with Crippen molar-refractivity contribution >= 4 is 11.9 Å². The van der Waals surface area contributed by atoms with Gasteiger partial charge in [-0.2, -0.15) is 0 Å². The Morgan fingerprint density at radius 2 is 1.94 bits per heavy atom. The number of methoxy groups -OCH3 is 1. The Hall–Kier alpha value is -2.04. The van der Waals surface area contributed by atoms with Crippen LogP contribution in [0.1, 0.15) is 34.6 Å². The molecule has 0 spiro atoms. The van der Waals surface area contributed by atoms with Crippen molar-refractivity contribution in [3.63, 3.8) is 0 Å². The van der Waals surface area contributed by atoms with Crippen molar-refractivity contribution in [3.05, 3.63) is 29.3 Å². The minimum atomic E-state index is -1.19. The number of carbonyl (C=O) groups excluding carboxylic acids is 1. The molecule has 1 aromatic rings. The van der Waals surface area contributed by atoms with Gasteiger partial charge >= 0.3 is 11.9 Å². The number of ether oxygens (including phenoxy) is 2. The predicted octanol–water partition coefficient (Wildman–Crippen LogP) is 1.96. The molecule has 0 aliphatic rings. The van der Waals surface area contributed by atoms with E-state index in [1.165, 1.54) is 19.2 Å². The average Bonchev–Trinajstić information content (AvgIpc) is 2.26. The molecular weight excluding hydrogens is 224 g/mol. The number of esters is 1. The monoisotopic (exact) mass is 238 g/mol. The Labute approximate surface area is 99.0 Å². The van der Waals surface area contributed by atoms with Crippen LogP contribution in [0.3, 0.4) is 0 Å². The van der Waals surface area contributed by atoms with Gasteiger partial charge in [0.05, 0.1) is 18.8 Å². The summed E-state index contributed by atoms with van der Waals surface area (Å²) in [6.45, 7) is 3.57. The maximum atomic E-state index is 11.6. The van der Waals surface area contributed by atoms with Crippen LogP contribution in [0.2, 0.25) is 0 Å². The summed E-state index contributed by atoms with van der Waals surface area (Å²) in [4.78, 5) is 22.6. The number of carboxylic acids is 1. The Morgan fingerprint density at radius 1 is 1.29 bits per heavy atom. The lowest BCUT2D eigenvalue weighted by Crippen LogP contribution is -2.15. The summed E-state index contributed by atoms with van der Waals surface area (Å²) in [6.07, 6.45) is -0.164. The van der Waals surface area contributed by atoms with E-state index in [1.54, 1.807) is 19.9 Å². The highest BCUT2D eigenvalue weighted by atomic mass is 16.5. The first-order valence-electron chi connectivity index (χ1n) is 5.08. The molecule has 0 fully saturated rings. The third kappa shape index (κ3) is 2.96. The normalized spacial score (nSPS) is 10.1. The second-order valence-corrected chi connectivity index (χ2v) is 3.64. The number of carbonyl (C=O) groups is 2. The van der Waals surface area contributed by atoms with Crippen molar-refractivity contribution < 1.29 is 24.2 Å². The number of carboxylic acid groups (broad SMARTS) is 1. The van der Waals surface area contributed by atoms with Gasteiger partial charge in [0.1, 0.15) is 11.3 Å². The van der Waals surface area contributed by atoms with E-state index in [9.17, 15) is 9.59 Å². The highest BCUT2D eigenvalue weighted by Crippen LogP contribution is 2.24. The number of hydrogen-bond acceptors (Lipinski definition) is 4. The summed E-state index contributed by atoms with van der Waals surface area (Å²) in [5.74, 6) is -1.70. The van der Waals surface area contributed by atoms with Gasteiger partial charge in [0, 0.05) is 0 Å². The van der Waals surface area contributed by atoms with Crippen LogP contribution in [-0.4, -0.2) is 30.3 Å². The van der Waals surface area contributed by atoms with Gasteiger partial charge in [-0.15, -0.1) is 0 Å². The molecule has 92 valence electrons. The summed E-state index contributed by atoms with van der Waals surface area (Å²) < 4.78 is 9.96. The first-order chi connectivity index (χ1) is 7.97. The van der Waals surface area contributed by atoms with Crippen molar-refractivity contribution in [2.75, 3.05) is 7.11 Å². The fourth-order valence-corrected chi connectivity index (χ4v) is 1.37. The zero-order valence-electron chi connectivity index (χ0n) is 9.89. The largest absolute Gasteiger partial charge is 0.490 e. The Balaban J connectivity index is 3.34. The summed E-state index contributed by atoms with van der Waals surface area (Å²) in [5.41, 5.74) is -0.189. The van der Waals surface area contributed by atoms with Crippen LogP contribution in [0.5, 0.6) is 5.75 Å². The summed E-state index contributed by atoms with van der Waals surface area (Å²) in [7, 11) is 1.19. The zero-order chi connectivity index (χ0) is 13.0. The van der Waals surface area contributed by atoms with Crippen LogP contribution in [0.15, 0.2) is 18.2 Å². The highest BCUT2D eigenvalue weighted by molar-refractivity contribution is 6.04. The van der Waals surface area contributed by atoms with Crippen molar-refractivity contribution in [2.45, 2.75) is 20.0 Å². The molecule has 17 heavy (non-hydrogen) atoms. The molecule has 0 saturated carbocycles. The lowest BCUT2D eigenvalue weighted by Gasteiger charge is -2.14. The first-order valence-corrected chi connectivity index (χ1v) is 5.08. The zero-order valence-corrected chi connectivity index (χ0v) is 9.89. The molecule has 5 nitrogen and oxygen atoms in total. The first kappa shape index (κ1) is 13.0. The van der Waals surface area contributed by atoms with Crippen LogP contribution in [0.25, 0.3) is 0 Å². The molecule has 0 radical (unpaired) electrons. The number of benzene rings is 1. The standard InChI is InChI=1S/C12H14O5/c1-7(2)17-9-6-4-5-8(11(13)14)10(9)12(15)16-3/h4-7H,1-3H3,(H,13,14). The molecule has 0 aliphatic heterocycles. The number of aromatic carboxylic acids is 1. The van der Waals surface area contributed by atoms with Gasteiger partial charge in [0.25, 0.3) is 0 Å². The molecule has 1 N–H and O–H groups in total. The number of rotatable bonds is 4. The molecular formula is C12H14O5. The van der Waals surface area contributed by atoms with Crippen molar-refractivity contribution in [2.24, 2.45) is 0 Å². The molecule has 0 heterocycles. The maximum Gasteiger partial charge on any atom is 0.342 e. The minimum Gasteiger partial charge on any atom is -0.490 e. The third-order valence-corrected chi connectivity index (χ3v) is 2.01. The van der Waals surface area contributed by atoms with Crippen molar-refractivity contribution in [1.29, 1.82) is 0 Å². The van der Waals surface area contributed by atoms with Gasteiger partial charge in [0.2, 0.25) is 0 Å². The molecule has 0 saturated heterocycles. The van der Waals surface area contributed by atoms with Gasteiger partial charge in [-0.1, -0.05) is 6.07 Å². The maximum absolute atomic E-state index is 11.6. The fraction of sp³-hybridized carbons (Fsp3) is 0.333. The van der Waals surface area contributed by atoms with E-state index in [2.05, 4.69) is 4.74 Å². The SMILES string of the molecule is COC(=O)c1c(OC(C)C)cccc1C(=O)O. The van der Waals surface area contributed by atoms with Crippen LogP contribution in [-0.2, 0) is 4.74 Å². The van der Waals surface area contributed by atoms with Gasteiger partial charge in [-0.05, 0) is 26.0 Å². The Morgan fingerprint density at radius 3 is 2.41 bits per heavy atom. The van der Waals surface area contributed by atoms with E-state index >= 15 is 0 Å². The lowest BCUT2D eigenvalue weighted by molar-refractivity contribution is 0.0575. The topological polar surface area (TPSA) is 72.8 Å². The minimum absolute atomic E-state index is 0.0591. The average molecular weight is 238 g/mol. The van der Waals surface area contributed by atoms with E-state index in [4.69, 9.17) is 9.84 Å². The smallest absolute Gasteiger partial charge is 0.342 e. The molecule has 0 atom stereocenters. The lowest BCUT2D eigenvalue weighted by atomic mass is 10.1. The van der Waals surface area contributed by atoms with Crippen LogP contribution < -0.4 is 4.74 Å². The van der Waals surface area contributed by atoms with E-state index < -0.39 is 11.9 Å². The molecule has 0 amide bonds. The second kappa shape index (κ2) is 5.34. The van der Waals surface area contributed by atoms with Gasteiger partial charge < -0.3 is 14.6 Å². The van der Waals surface area contributed by atoms with Crippen molar-refractivity contribution in [3.8, 4) is 5.75 Å². The van der Waals surface area contributed by atoms with Crippen molar-refractivity contribution in [1.82, 2.24) is 0 Å². The molecule has 0 unspecified atom stereocenters. The van der Waals surface area contributed by atoms with E-state index in [0.29, 0.717) is 0 Å². The Bertz CT molecular complexity index is 437. The van der Waals surface area contributed by atoms with Crippen LogP contribution >= 0.6 is 0 Å².